The molecule has 170 valence electrons. The largest absolute Gasteiger partial charge is 0.303 e. The number of carbonyl (C=O) groups is 1. The van der Waals surface area contributed by atoms with Gasteiger partial charge in [0.1, 0.15) is 0 Å². The van der Waals surface area contributed by atoms with Crippen molar-refractivity contribution in [3.8, 4) is 0 Å². The van der Waals surface area contributed by atoms with E-state index in [4.69, 9.17) is 0 Å². The van der Waals surface area contributed by atoms with E-state index in [9.17, 15) is 4.79 Å². The maximum Gasteiger partial charge on any atom is 0.159 e. The molecule has 30 heavy (non-hydrogen) atoms. The van der Waals surface area contributed by atoms with Crippen molar-refractivity contribution < 1.29 is 4.79 Å². The van der Waals surface area contributed by atoms with E-state index in [-0.39, 0.29) is 0 Å². The summed E-state index contributed by atoms with van der Waals surface area (Å²) in [7, 11) is 0. The van der Waals surface area contributed by atoms with E-state index < -0.39 is 0 Å². The van der Waals surface area contributed by atoms with Gasteiger partial charge in [0, 0.05) is 13.0 Å². The predicted molar refractivity (Wildman–Crippen MR) is 131 cm³/mol. The minimum absolute atomic E-state index is 0.410. The first-order valence-corrected chi connectivity index (χ1v) is 12.9. The molecule has 2 heteroatoms. The highest BCUT2D eigenvalue weighted by Crippen LogP contribution is 2.40. The summed E-state index contributed by atoms with van der Waals surface area (Å²) in [4.78, 5) is 15.1. The quantitative estimate of drug-likeness (QED) is 0.378. The summed E-state index contributed by atoms with van der Waals surface area (Å²) in [5, 5.41) is 0. The van der Waals surface area contributed by atoms with Crippen LogP contribution in [-0.2, 0) is 4.79 Å². The van der Waals surface area contributed by atoms with Gasteiger partial charge in [0.05, 0.1) is 0 Å². The van der Waals surface area contributed by atoms with Crippen molar-refractivity contribution in [2.45, 2.75) is 111 Å². The molecule has 1 heterocycles. The maximum absolute atomic E-state index is 12.4. The number of rotatable bonds is 8. The average Bonchev–Trinajstić information content (AvgIpc) is 2.92. The highest BCUT2D eigenvalue weighted by atomic mass is 16.1. The molecule has 0 aromatic carbocycles. The Hall–Kier alpha value is -1.15. The van der Waals surface area contributed by atoms with Crippen LogP contribution in [0.2, 0.25) is 0 Å². The van der Waals surface area contributed by atoms with Crippen LogP contribution < -0.4 is 0 Å². The molecule has 0 bridgehead atoms. The van der Waals surface area contributed by atoms with Crippen LogP contribution in [0, 0.1) is 5.92 Å². The van der Waals surface area contributed by atoms with Crippen molar-refractivity contribution in [3.05, 3.63) is 34.4 Å². The van der Waals surface area contributed by atoms with Crippen molar-refractivity contribution in [3.63, 3.8) is 0 Å². The Morgan fingerprint density at radius 2 is 1.60 bits per heavy atom. The lowest BCUT2D eigenvalue weighted by Crippen LogP contribution is -2.33. The molecule has 0 aromatic heterocycles. The molecule has 0 amide bonds. The summed E-state index contributed by atoms with van der Waals surface area (Å²) in [6.07, 6.45) is 15.2. The number of Topliss-reactive ketones (excluding diaryl/α,β-unsaturated/α-hetero) is 1. The summed E-state index contributed by atoms with van der Waals surface area (Å²) in [5.74, 6) is 1.21. The number of hydrogen-bond acceptors (Lipinski definition) is 2. The van der Waals surface area contributed by atoms with E-state index in [1.807, 2.05) is 13.8 Å². The van der Waals surface area contributed by atoms with E-state index in [1.165, 1.54) is 80.5 Å². The lowest BCUT2D eigenvalue weighted by atomic mass is 9.81. The van der Waals surface area contributed by atoms with Gasteiger partial charge in [-0.05, 0) is 112 Å². The molecule has 3 rings (SSSR count). The zero-order valence-corrected chi connectivity index (χ0v) is 20.5. The van der Waals surface area contributed by atoms with Gasteiger partial charge in [-0.2, -0.15) is 0 Å². The van der Waals surface area contributed by atoms with Crippen molar-refractivity contribution in [1.29, 1.82) is 0 Å². The highest BCUT2D eigenvalue weighted by Gasteiger charge is 2.26. The van der Waals surface area contributed by atoms with Crippen LogP contribution in [0.4, 0.5) is 0 Å². The third kappa shape index (κ3) is 7.22. The van der Waals surface area contributed by atoms with Crippen molar-refractivity contribution in [2.75, 3.05) is 19.6 Å². The van der Waals surface area contributed by atoms with Gasteiger partial charge < -0.3 is 4.90 Å². The lowest BCUT2D eigenvalue weighted by Gasteiger charge is -2.29. The minimum Gasteiger partial charge on any atom is -0.303 e. The molecule has 2 nitrogen and oxygen atoms in total. The molecule has 1 fully saturated rings. The minimum atomic E-state index is 0.410. The van der Waals surface area contributed by atoms with Crippen LogP contribution in [0.25, 0.3) is 0 Å². The van der Waals surface area contributed by atoms with E-state index >= 15 is 0 Å². The predicted octanol–water partition coefficient (Wildman–Crippen LogP) is 7.80. The Morgan fingerprint density at radius 1 is 0.933 bits per heavy atom. The van der Waals surface area contributed by atoms with Gasteiger partial charge in [-0.1, -0.05) is 45.8 Å². The number of ketones is 1. The number of carbonyl (C=O) groups excluding carboxylic acids is 1. The number of allylic oxidation sites excluding steroid dienone is 5. The van der Waals surface area contributed by atoms with Crippen LogP contribution in [0.1, 0.15) is 111 Å². The van der Waals surface area contributed by atoms with E-state index in [0.717, 1.165) is 56.4 Å². The Balaban J connectivity index is 0.00000155. The third-order valence-corrected chi connectivity index (χ3v) is 7.04. The van der Waals surface area contributed by atoms with E-state index in [0.29, 0.717) is 5.78 Å². The molecule has 1 unspecified atom stereocenters. The van der Waals surface area contributed by atoms with Crippen molar-refractivity contribution >= 4 is 5.78 Å². The fraction of sp³-hybridized carbons (Fsp3) is 0.750. The number of hydrogen-bond donors (Lipinski definition) is 0. The molecule has 0 spiro atoms. The Morgan fingerprint density at radius 3 is 2.33 bits per heavy atom. The normalized spacial score (nSPS) is 21.5. The zero-order valence-electron chi connectivity index (χ0n) is 20.5. The first-order chi connectivity index (χ1) is 14.6. The van der Waals surface area contributed by atoms with Gasteiger partial charge in [-0.25, -0.2) is 0 Å². The maximum atomic E-state index is 12.4. The van der Waals surface area contributed by atoms with Gasteiger partial charge in [-0.15, -0.1) is 0 Å². The standard InChI is InChI=1S/C26H41NO.C2H6/c1-20(19-27-17-7-4-8-18-27)11-5-6-12-21(2)26-22(3)13-9-14-23-24(26)15-10-16-25(23)28;1-2/h20H,2,4-19H2,1,3H3;1-2H3. The van der Waals surface area contributed by atoms with E-state index in [2.05, 4.69) is 25.3 Å². The fourth-order valence-corrected chi connectivity index (χ4v) is 5.52. The molecule has 0 N–H and O–H groups in total. The second kappa shape index (κ2) is 13.3. The van der Waals surface area contributed by atoms with Crippen LogP contribution in [0.15, 0.2) is 34.4 Å². The molecule has 0 aromatic rings. The average molecular weight is 414 g/mol. The zero-order chi connectivity index (χ0) is 21.9. The second-order valence-corrected chi connectivity index (χ2v) is 9.56. The molecule has 3 aliphatic rings. The lowest BCUT2D eigenvalue weighted by molar-refractivity contribution is -0.116. The van der Waals surface area contributed by atoms with Crippen molar-refractivity contribution in [2.24, 2.45) is 5.92 Å². The number of nitrogens with zero attached hydrogens (tertiary/aromatic N) is 1. The number of unbranched alkanes of at least 4 members (excludes halogenated alkanes) is 1. The van der Waals surface area contributed by atoms with Gasteiger partial charge in [0.15, 0.2) is 5.78 Å². The molecule has 1 saturated heterocycles. The molecule has 0 saturated carbocycles. The number of likely N-dealkylation sites (tertiary alicyclic amines) is 1. The molecular formula is C28H47NO. The van der Waals surface area contributed by atoms with Gasteiger partial charge in [0.2, 0.25) is 0 Å². The topological polar surface area (TPSA) is 20.3 Å². The monoisotopic (exact) mass is 413 g/mol. The van der Waals surface area contributed by atoms with Crippen LogP contribution in [-0.4, -0.2) is 30.3 Å². The summed E-state index contributed by atoms with van der Waals surface area (Å²) in [6.45, 7) is 17.1. The second-order valence-electron chi connectivity index (χ2n) is 9.56. The summed E-state index contributed by atoms with van der Waals surface area (Å²) in [5.41, 5.74) is 6.68. The van der Waals surface area contributed by atoms with Crippen LogP contribution >= 0.6 is 0 Å². The van der Waals surface area contributed by atoms with E-state index in [1.54, 1.807) is 0 Å². The summed E-state index contributed by atoms with van der Waals surface area (Å²) >= 11 is 0. The SMILES string of the molecule is C=C(CCCCC(C)CN1CCCCC1)C1=C(C)CCCC2=C1CCCC2=O.CC. The van der Waals surface area contributed by atoms with Crippen LogP contribution in [0.5, 0.6) is 0 Å². The molecule has 1 atom stereocenters. The Bertz CT molecular complexity index is 633. The first-order valence-electron chi connectivity index (χ1n) is 12.9. The van der Waals surface area contributed by atoms with Gasteiger partial charge in [-0.3, -0.25) is 4.79 Å². The van der Waals surface area contributed by atoms with Gasteiger partial charge >= 0.3 is 0 Å². The number of piperidine rings is 1. The molecule has 0 radical (unpaired) electrons. The Kier molecular flexibility index (Phi) is 11.1. The van der Waals surface area contributed by atoms with Gasteiger partial charge in [0.25, 0.3) is 0 Å². The summed E-state index contributed by atoms with van der Waals surface area (Å²) < 4.78 is 0. The fourth-order valence-electron chi connectivity index (χ4n) is 5.52. The third-order valence-electron chi connectivity index (χ3n) is 7.04. The molecular weight excluding hydrogens is 366 g/mol. The highest BCUT2D eigenvalue weighted by molar-refractivity contribution is 5.98. The van der Waals surface area contributed by atoms with Crippen molar-refractivity contribution in [1.82, 2.24) is 4.90 Å². The smallest absolute Gasteiger partial charge is 0.159 e. The molecule has 2 aliphatic carbocycles. The summed E-state index contributed by atoms with van der Waals surface area (Å²) in [6, 6.07) is 0. The van der Waals surface area contributed by atoms with Crippen LogP contribution in [0.3, 0.4) is 0 Å². The molecule has 1 aliphatic heterocycles. The Labute approximate surface area is 186 Å². The first kappa shape index (κ1) is 25.1.